The minimum absolute atomic E-state index is 0.171. The minimum Gasteiger partial charge on any atom is -0.324 e. The summed E-state index contributed by atoms with van der Waals surface area (Å²) in [5, 5.41) is 5.74. The minimum atomic E-state index is -4.41. The molecule has 0 spiro atoms. The van der Waals surface area contributed by atoms with Crippen LogP contribution in [0.5, 0.6) is 0 Å². The molecule has 21 heavy (non-hydrogen) atoms. The molecule has 1 amide bonds. The molecule has 1 heterocycles. The smallest absolute Gasteiger partial charge is 0.324 e. The predicted octanol–water partition coefficient (Wildman–Crippen LogP) is 3.34. The Balaban J connectivity index is 2.16. The van der Waals surface area contributed by atoms with E-state index in [1.165, 1.54) is 6.07 Å². The summed E-state index contributed by atoms with van der Waals surface area (Å²) in [6.07, 6.45) is -2.47. The van der Waals surface area contributed by atoms with Gasteiger partial charge in [-0.25, -0.2) is 0 Å². The molecule has 1 fully saturated rings. The molecule has 0 aliphatic carbocycles. The van der Waals surface area contributed by atoms with Gasteiger partial charge in [-0.3, -0.25) is 4.79 Å². The van der Waals surface area contributed by atoms with E-state index in [0.29, 0.717) is 5.56 Å². The van der Waals surface area contributed by atoms with Crippen LogP contribution < -0.4 is 10.6 Å². The van der Waals surface area contributed by atoms with Crippen LogP contribution in [0.4, 0.5) is 18.9 Å². The number of amides is 1. The van der Waals surface area contributed by atoms with E-state index < -0.39 is 11.7 Å². The first-order chi connectivity index (χ1) is 9.79. The van der Waals surface area contributed by atoms with E-state index in [4.69, 9.17) is 0 Å². The maximum atomic E-state index is 12.7. The summed E-state index contributed by atoms with van der Waals surface area (Å²) in [4.78, 5) is 12.2. The van der Waals surface area contributed by atoms with Crippen LogP contribution in [0.3, 0.4) is 0 Å². The molecule has 2 rings (SSSR count). The molecule has 1 aromatic carbocycles. The van der Waals surface area contributed by atoms with Crippen molar-refractivity contribution in [3.63, 3.8) is 0 Å². The summed E-state index contributed by atoms with van der Waals surface area (Å²) in [5.41, 5.74) is 0.0715. The summed E-state index contributed by atoms with van der Waals surface area (Å²) >= 11 is 0. The van der Waals surface area contributed by atoms with Gasteiger partial charge in [-0.05, 0) is 49.9 Å². The predicted molar refractivity (Wildman–Crippen MR) is 75.0 cm³/mol. The highest BCUT2D eigenvalue weighted by atomic mass is 19.4. The van der Waals surface area contributed by atoms with Crippen molar-refractivity contribution < 1.29 is 18.0 Å². The molecule has 2 atom stereocenters. The molecule has 3 nitrogen and oxygen atoms in total. The number of rotatable bonds is 2. The number of halogens is 3. The van der Waals surface area contributed by atoms with Crippen molar-refractivity contribution in [2.75, 3.05) is 11.9 Å². The van der Waals surface area contributed by atoms with Crippen molar-refractivity contribution in [3.8, 4) is 0 Å². The van der Waals surface area contributed by atoms with Gasteiger partial charge in [-0.15, -0.1) is 0 Å². The third-order valence-electron chi connectivity index (χ3n) is 3.87. The van der Waals surface area contributed by atoms with E-state index in [1.54, 1.807) is 6.92 Å². The van der Waals surface area contributed by atoms with Crippen LogP contribution in [0.15, 0.2) is 18.2 Å². The zero-order valence-electron chi connectivity index (χ0n) is 12.1. The number of hydrogen-bond donors (Lipinski definition) is 2. The van der Waals surface area contributed by atoms with E-state index in [2.05, 4.69) is 10.6 Å². The van der Waals surface area contributed by atoms with E-state index in [0.717, 1.165) is 31.5 Å². The highest BCUT2D eigenvalue weighted by Gasteiger charge is 2.32. The molecule has 0 radical (unpaired) electrons. The highest BCUT2D eigenvalue weighted by Crippen LogP contribution is 2.32. The number of piperidine rings is 1. The van der Waals surface area contributed by atoms with Crippen molar-refractivity contribution in [1.29, 1.82) is 0 Å². The average Bonchev–Trinajstić information content (AvgIpc) is 2.40. The summed E-state index contributed by atoms with van der Waals surface area (Å²) in [5.74, 6) is -0.102. The molecular formula is C15H19F3N2O. The number of carbonyl (C=O) groups is 1. The summed E-state index contributed by atoms with van der Waals surface area (Å²) < 4.78 is 38.2. The molecule has 0 bridgehead atoms. The first-order valence-electron chi connectivity index (χ1n) is 7.01. The number of anilines is 1. The third-order valence-corrected chi connectivity index (χ3v) is 3.87. The Hall–Kier alpha value is -1.56. The fraction of sp³-hybridized carbons (Fsp3) is 0.533. The Morgan fingerprint density at radius 1 is 1.38 bits per heavy atom. The largest absolute Gasteiger partial charge is 0.416 e. The molecule has 1 aromatic rings. The number of carbonyl (C=O) groups excluding carboxylic acids is 1. The third kappa shape index (κ3) is 3.75. The van der Waals surface area contributed by atoms with Gasteiger partial charge >= 0.3 is 6.18 Å². The van der Waals surface area contributed by atoms with Gasteiger partial charge in [0, 0.05) is 5.69 Å². The van der Waals surface area contributed by atoms with Crippen molar-refractivity contribution >= 4 is 11.6 Å². The quantitative estimate of drug-likeness (QED) is 0.879. The Bertz CT molecular complexity index is 528. The lowest BCUT2D eigenvalue weighted by molar-refractivity contribution is -0.137. The lowest BCUT2D eigenvalue weighted by Gasteiger charge is -2.29. The molecular weight excluding hydrogens is 281 g/mol. The highest BCUT2D eigenvalue weighted by molar-refractivity contribution is 5.95. The summed E-state index contributed by atoms with van der Waals surface area (Å²) in [6.45, 7) is 4.40. The van der Waals surface area contributed by atoms with Crippen LogP contribution in [0.1, 0.15) is 30.9 Å². The topological polar surface area (TPSA) is 41.1 Å². The Morgan fingerprint density at radius 2 is 2.10 bits per heavy atom. The molecule has 2 N–H and O–H groups in total. The lowest BCUT2D eigenvalue weighted by Crippen LogP contribution is -2.48. The van der Waals surface area contributed by atoms with Gasteiger partial charge in [0.2, 0.25) is 5.91 Å². The number of benzene rings is 1. The lowest BCUT2D eigenvalue weighted by atomic mass is 9.92. The molecule has 6 heteroatoms. The number of aryl methyl sites for hydroxylation is 1. The van der Waals surface area contributed by atoms with E-state index in [-0.39, 0.29) is 23.6 Å². The Labute approximate surface area is 121 Å². The first kappa shape index (κ1) is 15.8. The van der Waals surface area contributed by atoms with Gasteiger partial charge in [0.15, 0.2) is 0 Å². The molecule has 1 saturated heterocycles. The fourth-order valence-electron chi connectivity index (χ4n) is 2.54. The van der Waals surface area contributed by atoms with E-state index in [9.17, 15) is 18.0 Å². The molecule has 1 aliphatic rings. The van der Waals surface area contributed by atoms with E-state index >= 15 is 0 Å². The zero-order chi connectivity index (χ0) is 15.6. The van der Waals surface area contributed by atoms with Crippen molar-refractivity contribution in [1.82, 2.24) is 5.32 Å². The average molecular weight is 300 g/mol. The molecule has 116 valence electrons. The van der Waals surface area contributed by atoms with Crippen LogP contribution in [0, 0.1) is 12.8 Å². The van der Waals surface area contributed by atoms with Crippen LogP contribution >= 0.6 is 0 Å². The maximum Gasteiger partial charge on any atom is 0.416 e. The number of alkyl halides is 3. The van der Waals surface area contributed by atoms with Gasteiger partial charge in [-0.2, -0.15) is 13.2 Å². The molecule has 0 saturated carbocycles. The van der Waals surface area contributed by atoms with Crippen molar-refractivity contribution in [2.24, 2.45) is 5.92 Å². The van der Waals surface area contributed by atoms with Crippen molar-refractivity contribution in [2.45, 2.75) is 38.9 Å². The SMILES string of the molecule is Cc1ccc(C(F)(F)F)cc1NC(=O)C1NCCCC1C. The molecule has 0 aromatic heterocycles. The normalized spacial score (nSPS) is 22.9. The van der Waals surface area contributed by atoms with Gasteiger partial charge in [0.05, 0.1) is 11.6 Å². The van der Waals surface area contributed by atoms with Gasteiger partial charge in [0.1, 0.15) is 0 Å². The van der Waals surface area contributed by atoms with Gasteiger partial charge in [0.25, 0.3) is 0 Å². The first-order valence-corrected chi connectivity index (χ1v) is 7.01. The fourth-order valence-corrected chi connectivity index (χ4v) is 2.54. The molecule has 1 aliphatic heterocycles. The van der Waals surface area contributed by atoms with Gasteiger partial charge in [-0.1, -0.05) is 13.0 Å². The van der Waals surface area contributed by atoms with Crippen LogP contribution in [0.25, 0.3) is 0 Å². The second kappa shape index (κ2) is 6.05. The number of nitrogens with one attached hydrogen (secondary N) is 2. The Morgan fingerprint density at radius 3 is 2.71 bits per heavy atom. The van der Waals surface area contributed by atoms with Crippen LogP contribution in [0.2, 0.25) is 0 Å². The maximum absolute atomic E-state index is 12.7. The van der Waals surface area contributed by atoms with Crippen LogP contribution in [-0.4, -0.2) is 18.5 Å². The summed E-state index contributed by atoms with van der Waals surface area (Å²) in [7, 11) is 0. The second-order valence-electron chi connectivity index (χ2n) is 5.57. The molecule has 2 unspecified atom stereocenters. The second-order valence-corrected chi connectivity index (χ2v) is 5.57. The number of hydrogen-bond acceptors (Lipinski definition) is 2. The van der Waals surface area contributed by atoms with Gasteiger partial charge < -0.3 is 10.6 Å². The van der Waals surface area contributed by atoms with Crippen LogP contribution in [-0.2, 0) is 11.0 Å². The van der Waals surface area contributed by atoms with E-state index in [1.807, 2.05) is 6.92 Å². The summed E-state index contributed by atoms with van der Waals surface area (Å²) in [6, 6.07) is 3.02. The zero-order valence-corrected chi connectivity index (χ0v) is 12.1. The Kier molecular flexibility index (Phi) is 4.56. The standard InChI is InChI=1S/C15H19F3N2O/c1-9-5-6-11(15(16,17)18)8-12(9)20-14(21)13-10(2)4-3-7-19-13/h5-6,8,10,13,19H,3-4,7H2,1-2H3,(H,20,21). The van der Waals surface area contributed by atoms with Crippen molar-refractivity contribution in [3.05, 3.63) is 29.3 Å². The monoisotopic (exact) mass is 300 g/mol.